The van der Waals surface area contributed by atoms with Crippen molar-refractivity contribution < 1.29 is 27.6 Å². The highest BCUT2D eigenvalue weighted by Gasteiger charge is 2.49. The van der Waals surface area contributed by atoms with Crippen LogP contribution in [0.5, 0.6) is 0 Å². The highest BCUT2D eigenvalue weighted by Crippen LogP contribution is 2.42. The normalized spacial score (nSPS) is 21.0. The van der Waals surface area contributed by atoms with Gasteiger partial charge in [0.2, 0.25) is 11.8 Å². The maximum Gasteiger partial charge on any atom is 0.416 e. The Balaban J connectivity index is 1.84. The Morgan fingerprint density at radius 2 is 1.97 bits per heavy atom. The Labute approximate surface area is 192 Å². The number of benzene rings is 1. The third-order valence-corrected chi connectivity index (χ3v) is 6.23. The summed E-state index contributed by atoms with van der Waals surface area (Å²) in [5.74, 6) is -1.80. The minimum absolute atomic E-state index is 0.0307. The Hall–Kier alpha value is -3.14. The van der Waals surface area contributed by atoms with E-state index in [1.165, 1.54) is 18.9 Å². The standard InChI is InChI=1S/C22H20ClF3N4O3/c1-12-8-14(22(24,25)26)10-17(27-12)30-18(32)9-13-11-29(6-7-31)20-15(23)4-3-5-16(20)28(2)21(33)19(13)30/h3-5,7-8,10,13,19H,6,9,11H2,1-2H3/t13-,19+/m1/s1. The summed E-state index contributed by atoms with van der Waals surface area (Å²) in [6.45, 7) is 1.50. The summed E-state index contributed by atoms with van der Waals surface area (Å²) in [7, 11) is 1.50. The number of hydrogen-bond acceptors (Lipinski definition) is 5. The average molecular weight is 481 g/mol. The number of aldehydes is 1. The van der Waals surface area contributed by atoms with Crippen LogP contribution < -0.4 is 14.7 Å². The van der Waals surface area contributed by atoms with Crippen LogP contribution in [-0.2, 0) is 20.6 Å². The monoisotopic (exact) mass is 480 g/mol. The van der Waals surface area contributed by atoms with Crippen LogP contribution in [-0.4, -0.2) is 49.3 Å². The number of anilines is 3. The number of aryl methyl sites for hydroxylation is 1. The Bertz CT molecular complexity index is 1140. The van der Waals surface area contributed by atoms with Gasteiger partial charge in [-0.3, -0.25) is 14.5 Å². The Morgan fingerprint density at radius 1 is 1.24 bits per heavy atom. The molecule has 2 aromatic rings. The number of para-hydroxylation sites is 1. The van der Waals surface area contributed by atoms with Gasteiger partial charge < -0.3 is 14.6 Å². The van der Waals surface area contributed by atoms with Crippen molar-refractivity contribution in [1.29, 1.82) is 0 Å². The number of pyridine rings is 1. The number of nitrogens with zero attached hydrogens (tertiary/aromatic N) is 4. The average Bonchev–Trinajstić information content (AvgIpc) is 3.06. The van der Waals surface area contributed by atoms with E-state index in [1.807, 2.05) is 0 Å². The molecule has 2 aliphatic rings. The number of halogens is 4. The molecule has 0 radical (unpaired) electrons. The Kier molecular flexibility index (Phi) is 5.81. The fourth-order valence-electron chi connectivity index (χ4n) is 4.52. The van der Waals surface area contributed by atoms with Crippen molar-refractivity contribution in [2.75, 3.05) is 34.8 Å². The maximum atomic E-state index is 13.6. The van der Waals surface area contributed by atoms with Gasteiger partial charge in [-0.2, -0.15) is 13.2 Å². The van der Waals surface area contributed by atoms with E-state index in [9.17, 15) is 27.6 Å². The summed E-state index contributed by atoms with van der Waals surface area (Å²) in [5.41, 5.74) is 0.0369. The lowest BCUT2D eigenvalue weighted by Gasteiger charge is -2.38. The van der Waals surface area contributed by atoms with Crippen molar-refractivity contribution in [2.24, 2.45) is 5.92 Å². The van der Waals surface area contributed by atoms with Crippen molar-refractivity contribution in [1.82, 2.24) is 4.98 Å². The largest absolute Gasteiger partial charge is 0.416 e. The second kappa shape index (κ2) is 8.33. The quantitative estimate of drug-likeness (QED) is 0.629. The van der Waals surface area contributed by atoms with Crippen molar-refractivity contribution in [3.05, 3.63) is 46.6 Å². The molecule has 4 rings (SSSR count). The number of carbonyl (C=O) groups excluding carboxylic acids is 3. The minimum atomic E-state index is -4.64. The molecule has 0 N–H and O–H groups in total. The van der Waals surface area contributed by atoms with Crippen molar-refractivity contribution in [3.63, 3.8) is 0 Å². The number of amides is 2. The molecule has 0 bridgehead atoms. The van der Waals surface area contributed by atoms with Crippen molar-refractivity contribution in [3.8, 4) is 0 Å². The summed E-state index contributed by atoms with van der Waals surface area (Å²) in [4.78, 5) is 46.2. The predicted molar refractivity (Wildman–Crippen MR) is 116 cm³/mol. The van der Waals surface area contributed by atoms with E-state index in [0.717, 1.165) is 17.0 Å². The summed E-state index contributed by atoms with van der Waals surface area (Å²) >= 11 is 6.40. The van der Waals surface area contributed by atoms with Crippen LogP contribution in [0.1, 0.15) is 17.7 Å². The molecule has 0 aliphatic carbocycles. The molecule has 1 aromatic heterocycles. The molecule has 3 heterocycles. The molecule has 2 atom stereocenters. The first-order valence-electron chi connectivity index (χ1n) is 10.2. The third kappa shape index (κ3) is 4.03. The van der Waals surface area contributed by atoms with Crippen LogP contribution >= 0.6 is 11.6 Å². The highest BCUT2D eigenvalue weighted by atomic mass is 35.5. The molecule has 7 nitrogen and oxygen atoms in total. The first-order chi connectivity index (χ1) is 15.5. The first-order valence-corrected chi connectivity index (χ1v) is 10.5. The molecule has 33 heavy (non-hydrogen) atoms. The molecule has 0 saturated carbocycles. The maximum absolute atomic E-state index is 13.6. The van der Waals surface area contributed by atoms with Gasteiger partial charge in [0.15, 0.2) is 0 Å². The van der Waals surface area contributed by atoms with Gasteiger partial charge in [-0.1, -0.05) is 17.7 Å². The molecule has 0 spiro atoms. The van der Waals surface area contributed by atoms with Crippen molar-refractivity contribution >= 4 is 46.9 Å². The topological polar surface area (TPSA) is 73.8 Å². The van der Waals surface area contributed by atoms with Gasteiger partial charge >= 0.3 is 6.18 Å². The van der Waals surface area contributed by atoms with Crippen LogP contribution in [0.4, 0.5) is 30.4 Å². The van der Waals surface area contributed by atoms with Gasteiger partial charge in [0.1, 0.15) is 18.1 Å². The summed E-state index contributed by atoms with van der Waals surface area (Å²) < 4.78 is 40.2. The number of hydrogen-bond donors (Lipinski definition) is 0. The second-order valence-corrected chi connectivity index (χ2v) is 8.51. The second-order valence-electron chi connectivity index (χ2n) is 8.10. The summed E-state index contributed by atoms with van der Waals surface area (Å²) in [6.07, 6.45) is -4.03. The van der Waals surface area contributed by atoms with E-state index < -0.39 is 35.5 Å². The lowest BCUT2D eigenvalue weighted by molar-refractivity contribution is -0.137. The highest BCUT2D eigenvalue weighted by molar-refractivity contribution is 6.34. The lowest BCUT2D eigenvalue weighted by Crippen LogP contribution is -2.52. The van der Waals surface area contributed by atoms with E-state index in [-0.39, 0.29) is 31.0 Å². The molecule has 1 fully saturated rings. The molecule has 2 amide bonds. The number of aromatic nitrogens is 1. The van der Waals surface area contributed by atoms with Crippen LogP contribution in [0.15, 0.2) is 30.3 Å². The third-order valence-electron chi connectivity index (χ3n) is 5.92. The fraction of sp³-hybridized carbons (Fsp3) is 0.364. The van der Waals surface area contributed by atoms with Gasteiger partial charge in [0, 0.05) is 31.6 Å². The van der Waals surface area contributed by atoms with Crippen LogP contribution in [0, 0.1) is 12.8 Å². The van der Waals surface area contributed by atoms with E-state index in [0.29, 0.717) is 22.7 Å². The molecular weight excluding hydrogens is 461 g/mol. The van der Waals surface area contributed by atoms with Crippen LogP contribution in [0.25, 0.3) is 0 Å². The Morgan fingerprint density at radius 3 is 2.64 bits per heavy atom. The molecule has 2 aliphatic heterocycles. The van der Waals surface area contributed by atoms with E-state index in [2.05, 4.69) is 4.98 Å². The number of carbonyl (C=O) groups is 3. The van der Waals surface area contributed by atoms with E-state index in [1.54, 1.807) is 23.1 Å². The number of rotatable bonds is 3. The zero-order valence-electron chi connectivity index (χ0n) is 17.8. The molecule has 174 valence electrons. The van der Waals surface area contributed by atoms with Gasteiger partial charge in [-0.25, -0.2) is 4.98 Å². The number of likely N-dealkylation sites (N-methyl/N-ethyl adjacent to an activating group) is 1. The van der Waals surface area contributed by atoms with Crippen molar-refractivity contribution in [2.45, 2.75) is 25.6 Å². The summed E-state index contributed by atoms with van der Waals surface area (Å²) in [6, 6.07) is 5.53. The van der Waals surface area contributed by atoms with Gasteiger partial charge in [0.05, 0.1) is 28.5 Å². The van der Waals surface area contributed by atoms with Gasteiger partial charge in [0.25, 0.3) is 0 Å². The van der Waals surface area contributed by atoms with Crippen LogP contribution in [0.3, 0.4) is 0 Å². The zero-order chi connectivity index (χ0) is 24.1. The SMILES string of the molecule is Cc1cc(C(F)(F)F)cc(N2C(=O)C[C@@H]3CN(CC=O)c4c(Cl)cccc4N(C)C(=O)[C@H]32)n1. The lowest BCUT2D eigenvalue weighted by atomic mass is 9.95. The summed E-state index contributed by atoms with van der Waals surface area (Å²) in [5, 5.41) is 0.337. The van der Waals surface area contributed by atoms with Gasteiger partial charge in [-0.05, 0) is 31.2 Å². The minimum Gasteiger partial charge on any atom is -0.361 e. The van der Waals surface area contributed by atoms with Crippen LogP contribution in [0.2, 0.25) is 5.02 Å². The van der Waals surface area contributed by atoms with E-state index >= 15 is 0 Å². The predicted octanol–water partition coefficient (Wildman–Crippen LogP) is 3.47. The smallest absolute Gasteiger partial charge is 0.361 e. The molecule has 1 saturated heterocycles. The van der Waals surface area contributed by atoms with E-state index in [4.69, 9.17) is 11.6 Å². The number of alkyl halides is 3. The zero-order valence-corrected chi connectivity index (χ0v) is 18.5. The molecular formula is C22H20ClF3N4O3. The first kappa shape index (κ1) is 23.0. The molecule has 1 aromatic carbocycles. The number of fused-ring (bicyclic) bond motifs is 2. The fourth-order valence-corrected chi connectivity index (χ4v) is 4.81. The van der Waals surface area contributed by atoms with Gasteiger partial charge in [-0.15, -0.1) is 0 Å². The molecule has 0 unspecified atom stereocenters. The molecule has 11 heteroatoms.